The average Bonchev–Trinajstić information content (AvgIpc) is 3.08. The van der Waals surface area contributed by atoms with Gasteiger partial charge in [0.1, 0.15) is 0 Å². The molecule has 2 heterocycles. The first kappa shape index (κ1) is 14.4. The van der Waals surface area contributed by atoms with E-state index >= 15 is 0 Å². The minimum atomic E-state index is -1.17. The van der Waals surface area contributed by atoms with E-state index in [1.165, 1.54) is 17.3 Å². The maximum Gasteiger partial charge on any atom is 0.355 e. The largest absolute Gasteiger partial charge is 0.476 e. The molecule has 8 heteroatoms. The summed E-state index contributed by atoms with van der Waals surface area (Å²) in [6.07, 6.45) is 2.00. The molecule has 1 aliphatic rings. The van der Waals surface area contributed by atoms with E-state index in [9.17, 15) is 14.4 Å². The average molecular weight is 297 g/mol. The van der Waals surface area contributed by atoms with Gasteiger partial charge in [-0.1, -0.05) is 0 Å². The number of amides is 2. The Balaban J connectivity index is 1.96. The molecule has 1 aromatic heterocycles. The monoisotopic (exact) mass is 297 g/mol. The first-order chi connectivity index (χ1) is 9.49. The molecule has 0 atom stereocenters. The molecule has 2 rings (SSSR count). The van der Waals surface area contributed by atoms with Gasteiger partial charge in [0.2, 0.25) is 5.91 Å². The fraction of sp³-hybridized carbons (Fsp3) is 0.500. The van der Waals surface area contributed by atoms with Gasteiger partial charge in [-0.25, -0.2) is 9.78 Å². The summed E-state index contributed by atoms with van der Waals surface area (Å²) in [5.74, 6) is -1.69. The first-order valence-corrected chi connectivity index (χ1v) is 7.09. The number of nitrogens with zero attached hydrogens (tertiary/aromatic N) is 3. The van der Waals surface area contributed by atoms with Crippen LogP contribution >= 0.6 is 11.3 Å². The van der Waals surface area contributed by atoms with Crippen LogP contribution in [-0.2, 0) is 4.79 Å². The maximum absolute atomic E-state index is 12.0. The van der Waals surface area contributed by atoms with Crippen molar-refractivity contribution in [1.29, 1.82) is 0 Å². The fourth-order valence-corrected chi connectivity index (χ4v) is 2.76. The summed E-state index contributed by atoms with van der Waals surface area (Å²) >= 11 is 0.966. The van der Waals surface area contributed by atoms with Crippen molar-refractivity contribution in [2.75, 3.05) is 26.7 Å². The molecule has 0 aliphatic carbocycles. The van der Waals surface area contributed by atoms with Crippen LogP contribution < -0.4 is 0 Å². The van der Waals surface area contributed by atoms with Crippen LogP contribution in [0.25, 0.3) is 0 Å². The zero-order valence-corrected chi connectivity index (χ0v) is 11.9. The Kier molecular flexibility index (Phi) is 4.33. The summed E-state index contributed by atoms with van der Waals surface area (Å²) < 4.78 is 0. The molecule has 0 spiro atoms. The van der Waals surface area contributed by atoms with Crippen molar-refractivity contribution in [3.05, 3.63) is 16.1 Å². The summed E-state index contributed by atoms with van der Waals surface area (Å²) in [5, 5.41) is 10.2. The van der Waals surface area contributed by atoms with Crippen LogP contribution in [0.4, 0.5) is 0 Å². The predicted molar refractivity (Wildman–Crippen MR) is 71.8 cm³/mol. The van der Waals surface area contributed by atoms with Gasteiger partial charge in [-0.05, 0) is 12.8 Å². The number of hydrogen-bond acceptors (Lipinski definition) is 5. The third kappa shape index (κ3) is 3.13. The molecule has 20 heavy (non-hydrogen) atoms. The van der Waals surface area contributed by atoms with Gasteiger partial charge in [-0.2, -0.15) is 0 Å². The lowest BCUT2D eigenvalue weighted by molar-refractivity contribution is -0.130. The number of carboxylic acids is 1. The highest BCUT2D eigenvalue weighted by Gasteiger charge is 2.23. The molecular formula is C12H15N3O4S. The molecule has 1 fully saturated rings. The van der Waals surface area contributed by atoms with E-state index in [-0.39, 0.29) is 23.2 Å². The topological polar surface area (TPSA) is 90.8 Å². The molecular weight excluding hydrogens is 282 g/mol. The van der Waals surface area contributed by atoms with Gasteiger partial charge in [-0.3, -0.25) is 9.59 Å². The van der Waals surface area contributed by atoms with E-state index in [0.717, 1.165) is 37.3 Å². The Labute approximate surface area is 119 Å². The van der Waals surface area contributed by atoms with Crippen molar-refractivity contribution in [2.45, 2.75) is 12.8 Å². The van der Waals surface area contributed by atoms with E-state index in [1.54, 1.807) is 4.90 Å². The molecule has 108 valence electrons. The molecule has 0 saturated carbocycles. The van der Waals surface area contributed by atoms with E-state index in [4.69, 9.17) is 5.11 Å². The quantitative estimate of drug-likeness (QED) is 0.875. The van der Waals surface area contributed by atoms with Gasteiger partial charge in [-0.15, -0.1) is 11.3 Å². The number of aromatic nitrogens is 1. The van der Waals surface area contributed by atoms with Crippen LogP contribution in [0.1, 0.15) is 33.1 Å². The Morgan fingerprint density at radius 1 is 1.40 bits per heavy atom. The molecule has 1 aromatic rings. The highest BCUT2D eigenvalue weighted by atomic mass is 32.1. The van der Waals surface area contributed by atoms with Gasteiger partial charge in [0.15, 0.2) is 10.7 Å². The number of likely N-dealkylation sites (tertiary alicyclic amines) is 1. The molecule has 7 nitrogen and oxygen atoms in total. The van der Waals surface area contributed by atoms with Crippen LogP contribution in [0.5, 0.6) is 0 Å². The van der Waals surface area contributed by atoms with Crippen LogP contribution in [0.2, 0.25) is 0 Å². The number of carboxylic acid groups (broad SMARTS) is 1. The highest BCUT2D eigenvalue weighted by Crippen LogP contribution is 2.13. The number of carbonyl (C=O) groups is 3. The molecule has 1 saturated heterocycles. The van der Waals surface area contributed by atoms with Gasteiger partial charge >= 0.3 is 5.97 Å². The van der Waals surface area contributed by atoms with Crippen LogP contribution in [0.15, 0.2) is 5.38 Å². The molecule has 0 bridgehead atoms. The Hall–Kier alpha value is -1.96. The number of aromatic carboxylic acids is 1. The van der Waals surface area contributed by atoms with E-state index in [0.29, 0.717) is 0 Å². The third-order valence-corrected chi connectivity index (χ3v) is 3.91. The number of rotatable bonds is 4. The lowest BCUT2D eigenvalue weighted by Crippen LogP contribution is -2.39. The summed E-state index contributed by atoms with van der Waals surface area (Å²) in [7, 11) is 1.51. The molecule has 2 amide bonds. The summed E-state index contributed by atoms with van der Waals surface area (Å²) in [4.78, 5) is 41.4. The van der Waals surface area contributed by atoms with Crippen LogP contribution in [0.3, 0.4) is 0 Å². The lowest BCUT2D eigenvalue weighted by Gasteiger charge is -2.20. The van der Waals surface area contributed by atoms with Gasteiger partial charge in [0.25, 0.3) is 5.91 Å². The van der Waals surface area contributed by atoms with Crippen LogP contribution in [0, 0.1) is 0 Å². The van der Waals surface area contributed by atoms with Crippen molar-refractivity contribution >= 4 is 29.1 Å². The number of hydrogen-bond donors (Lipinski definition) is 1. The molecule has 0 aromatic carbocycles. The Morgan fingerprint density at radius 3 is 2.60 bits per heavy atom. The standard InChI is InChI=1S/C12H15N3O4S/c1-14(6-9(16)15-4-2-3-5-15)11(17)10-13-8(7-20-10)12(18)19/h7H,2-6H2,1H3,(H,18,19). The maximum atomic E-state index is 12.0. The highest BCUT2D eigenvalue weighted by molar-refractivity contribution is 7.11. The normalized spacial score (nSPS) is 14.3. The molecule has 1 N–H and O–H groups in total. The summed E-state index contributed by atoms with van der Waals surface area (Å²) in [6.45, 7) is 1.46. The van der Waals surface area contributed by atoms with Gasteiger partial charge in [0, 0.05) is 25.5 Å². The smallest absolute Gasteiger partial charge is 0.355 e. The molecule has 1 aliphatic heterocycles. The molecule has 0 radical (unpaired) electrons. The van der Waals surface area contributed by atoms with E-state index in [2.05, 4.69) is 4.98 Å². The second-order valence-electron chi connectivity index (χ2n) is 4.59. The lowest BCUT2D eigenvalue weighted by atomic mass is 10.4. The predicted octanol–water partition coefficient (Wildman–Crippen LogP) is 0.536. The number of thiazole rings is 1. The summed E-state index contributed by atoms with van der Waals surface area (Å²) in [6, 6.07) is 0. The van der Waals surface area contributed by atoms with Crippen molar-refractivity contribution in [2.24, 2.45) is 0 Å². The summed E-state index contributed by atoms with van der Waals surface area (Å²) in [5.41, 5.74) is -0.155. The second kappa shape index (κ2) is 6.00. The van der Waals surface area contributed by atoms with Crippen LogP contribution in [-0.4, -0.2) is 64.4 Å². The van der Waals surface area contributed by atoms with Crippen molar-refractivity contribution in [1.82, 2.24) is 14.8 Å². The number of likely N-dealkylation sites (N-methyl/N-ethyl adjacent to an activating group) is 1. The minimum absolute atomic E-state index is 0.0131. The number of carbonyl (C=O) groups excluding carboxylic acids is 2. The van der Waals surface area contributed by atoms with Crippen molar-refractivity contribution < 1.29 is 19.5 Å². The minimum Gasteiger partial charge on any atom is -0.476 e. The molecule has 0 unspecified atom stereocenters. The third-order valence-electron chi connectivity index (χ3n) is 3.08. The Morgan fingerprint density at radius 2 is 2.05 bits per heavy atom. The van der Waals surface area contributed by atoms with Crippen molar-refractivity contribution in [3.63, 3.8) is 0 Å². The van der Waals surface area contributed by atoms with E-state index in [1.807, 2.05) is 0 Å². The zero-order valence-electron chi connectivity index (χ0n) is 11.0. The Bertz CT molecular complexity index is 537. The van der Waals surface area contributed by atoms with Gasteiger partial charge in [0.05, 0.1) is 6.54 Å². The fourth-order valence-electron chi connectivity index (χ4n) is 1.97. The van der Waals surface area contributed by atoms with Gasteiger partial charge < -0.3 is 14.9 Å². The first-order valence-electron chi connectivity index (χ1n) is 6.21. The zero-order chi connectivity index (χ0) is 14.7. The van der Waals surface area contributed by atoms with E-state index < -0.39 is 11.9 Å². The second-order valence-corrected chi connectivity index (χ2v) is 5.45. The van der Waals surface area contributed by atoms with Crippen molar-refractivity contribution in [3.8, 4) is 0 Å². The SMILES string of the molecule is CN(CC(=O)N1CCCC1)C(=O)c1nc(C(=O)O)cs1.